The summed E-state index contributed by atoms with van der Waals surface area (Å²) >= 11 is 0. The fourth-order valence-corrected chi connectivity index (χ4v) is 2.62. The molecule has 0 bridgehead atoms. The van der Waals surface area contributed by atoms with E-state index in [1.807, 2.05) is 17.9 Å². The zero-order valence-electron chi connectivity index (χ0n) is 13.3. The van der Waals surface area contributed by atoms with Crippen LogP contribution in [0.2, 0.25) is 0 Å². The molecule has 1 aromatic heterocycles. The van der Waals surface area contributed by atoms with Gasteiger partial charge in [0, 0.05) is 38.8 Å². The van der Waals surface area contributed by atoms with Gasteiger partial charge in [-0.2, -0.15) is 0 Å². The zero-order chi connectivity index (χ0) is 15.2. The standard InChI is InChI=1S/C16H26N4O/c1-4-13(3)19-8-10-20(11-9-19)16(21)15-7-6-14(12-18-15)17-5-2/h6-7,12-13,17H,4-5,8-11H2,1-3H3. The number of piperazine rings is 1. The van der Waals surface area contributed by atoms with Gasteiger partial charge in [0.05, 0.1) is 11.9 Å². The predicted molar refractivity (Wildman–Crippen MR) is 85.6 cm³/mol. The molecule has 1 aliphatic rings. The van der Waals surface area contributed by atoms with Gasteiger partial charge >= 0.3 is 0 Å². The van der Waals surface area contributed by atoms with Crippen molar-refractivity contribution in [1.29, 1.82) is 0 Å². The van der Waals surface area contributed by atoms with Crippen LogP contribution in [0.4, 0.5) is 5.69 Å². The molecule has 0 spiro atoms. The SMILES string of the molecule is CCNc1ccc(C(=O)N2CCN(C(C)CC)CC2)nc1. The summed E-state index contributed by atoms with van der Waals surface area (Å²) in [7, 11) is 0. The molecule has 5 heteroatoms. The van der Waals surface area contributed by atoms with Gasteiger partial charge in [-0.15, -0.1) is 0 Å². The minimum atomic E-state index is 0.0434. The van der Waals surface area contributed by atoms with Crippen molar-refractivity contribution in [3.8, 4) is 0 Å². The second-order valence-corrected chi connectivity index (χ2v) is 5.55. The zero-order valence-corrected chi connectivity index (χ0v) is 13.3. The van der Waals surface area contributed by atoms with E-state index in [1.54, 1.807) is 12.3 Å². The predicted octanol–water partition coefficient (Wildman–Crippen LogP) is 2.07. The van der Waals surface area contributed by atoms with E-state index in [1.165, 1.54) is 0 Å². The van der Waals surface area contributed by atoms with Crippen LogP contribution in [0.15, 0.2) is 18.3 Å². The molecule has 0 saturated carbocycles. The first-order valence-corrected chi connectivity index (χ1v) is 7.89. The summed E-state index contributed by atoms with van der Waals surface area (Å²) in [5.74, 6) is 0.0434. The van der Waals surface area contributed by atoms with Gasteiger partial charge in [-0.05, 0) is 32.4 Å². The number of nitrogens with zero attached hydrogens (tertiary/aromatic N) is 3. The van der Waals surface area contributed by atoms with E-state index in [9.17, 15) is 4.79 Å². The minimum Gasteiger partial charge on any atom is -0.384 e. The largest absolute Gasteiger partial charge is 0.384 e. The highest BCUT2D eigenvalue weighted by Crippen LogP contribution is 2.12. The number of carbonyl (C=O) groups excluding carboxylic acids is 1. The summed E-state index contributed by atoms with van der Waals surface area (Å²) in [4.78, 5) is 21.1. The van der Waals surface area contributed by atoms with Gasteiger partial charge in [-0.3, -0.25) is 9.69 Å². The highest BCUT2D eigenvalue weighted by Gasteiger charge is 2.24. The van der Waals surface area contributed by atoms with E-state index in [0.29, 0.717) is 11.7 Å². The molecule has 2 rings (SSSR count). The van der Waals surface area contributed by atoms with E-state index in [0.717, 1.165) is 44.8 Å². The van der Waals surface area contributed by atoms with Crippen molar-refractivity contribution in [2.24, 2.45) is 0 Å². The molecule has 1 aliphatic heterocycles. The lowest BCUT2D eigenvalue weighted by molar-refractivity contribution is 0.0574. The van der Waals surface area contributed by atoms with Crippen LogP contribution < -0.4 is 5.32 Å². The maximum absolute atomic E-state index is 12.4. The lowest BCUT2D eigenvalue weighted by Gasteiger charge is -2.37. The number of amides is 1. The second-order valence-electron chi connectivity index (χ2n) is 5.55. The number of hydrogen-bond donors (Lipinski definition) is 1. The van der Waals surface area contributed by atoms with E-state index in [4.69, 9.17) is 0 Å². The fraction of sp³-hybridized carbons (Fsp3) is 0.625. The summed E-state index contributed by atoms with van der Waals surface area (Å²) in [6.45, 7) is 10.8. The van der Waals surface area contributed by atoms with Gasteiger partial charge in [-0.1, -0.05) is 6.92 Å². The van der Waals surface area contributed by atoms with Crippen molar-refractivity contribution in [2.45, 2.75) is 33.2 Å². The number of aromatic nitrogens is 1. The van der Waals surface area contributed by atoms with Gasteiger partial charge in [0.15, 0.2) is 0 Å². The molecule has 5 nitrogen and oxygen atoms in total. The smallest absolute Gasteiger partial charge is 0.272 e. The molecule has 0 radical (unpaired) electrons. The number of hydrogen-bond acceptors (Lipinski definition) is 4. The molecular weight excluding hydrogens is 264 g/mol. The average Bonchev–Trinajstić information content (AvgIpc) is 2.54. The monoisotopic (exact) mass is 290 g/mol. The van der Waals surface area contributed by atoms with Gasteiger partial charge in [0.25, 0.3) is 5.91 Å². The molecule has 1 atom stereocenters. The Labute approximate surface area is 127 Å². The van der Waals surface area contributed by atoms with Crippen molar-refractivity contribution in [3.63, 3.8) is 0 Å². The highest BCUT2D eigenvalue weighted by atomic mass is 16.2. The number of rotatable bonds is 5. The van der Waals surface area contributed by atoms with Crippen molar-refractivity contribution in [1.82, 2.24) is 14.8 Å². The van der Waals surface area contributed by atoms with Gasteiger partial charge < -0.3 is 10.2 Å². The Morgan fingerprint density at radius 3 is 2.52 bits per heavy atom. The van der Waals surface area contributed by atoms with E-state index >= 15 is 0 Å². The number of nitrogens with one attached hydrogen (secondary N) is 1. The molecule has 21 heavy (non-hydrogen) atoms. The van der Waals surface area contributed by atoms with Crippen molar-refractivity contribution < 1.29 is 4.79 Å². The number of carbonyl (C=O) groups is 1. The molecule has 2 heterocycles. The van der Waals surface area contributed by atoms with Crippen LogP contribution in [0, 0.1) is 0 Å². The Morgan fingerprint density at radius 1 is 1.29 bits per heavy atom. The summed E-state index contributed by atoms with van der Waals surface area (Å²) in [6, 6.07) is 4.32. The van der Waals surface area contributed by atoms with E-state index < -0.39 is 0 Å². The van der Waals surface area contributed by atoms with Crippen LogP contribution in [0.1, 0.15) is 37.7 Å². The Morgan fingerprint density at radius 2 is 2.00 bits per heavy atom. The van der Waals surface area contributed by atoms with Crippen LogP contribution in [0.5, 0.6) is 0 Å². The summed E-state index contributed by atoms with van der Waals surface area (Å²) in [5.41, 5.74) is 1.49. The van der Waals surface area contributed by atoms with Gasteiger partial charge in [0.1, 0.15) is 5.69 Å². The quantitative estimate of drug-likeness (QED) is 0.902. The minimum absolute atomic E-state index is 0.0434. The highest BCUT2D eigenvalue weighted by molar-refractivity contribution is 5.92. The fourth-order valence-electron chi connectivity index (χ4n) is 2.62. The Balaban J connectivity index is 1.92. The molecule has 1 unspecified atom stereocenters. The third-order valence-electron chi connectivity index (χ3n) is 4.18. The molecule has 0 aromatic carbocycles. The van der Waals surface area contributed by atoms with E-state index in [-0.39, 0.29) is 5.91 Å². The molecule has 1 aromatic rings. The van der Waals surface area contributed by atoms with Crippen LogP contribution in [0.25, 0.3) is 0 Å². The molecule has 0 aliphatic carbocycles. The molecule has 1 amide bonds. The summed E-state index contributed by atoms with van der Waals surface area (Å²) in [6.07, 6.45) is 2.88. The molecular formula is C16H26N4O. The Bertz CT molecular complexity index is 452. The molecule has 116 valence electrons. The van der Waals surface area contributed by atoms with Crippen molar-refractivity contribution in [2.75, 3.05) is 38.0 Å². The maximum Gasteiger partial charge on any atom is 0.272 e. The number of pyridine rings is 1. The van der Waals surface area contributed by atoms with Crippen LogP contribution in [0.3, 0.4) is 0 Å². The van der Waals surface area contributed by atoms with Crippen LogP contribution >= 0.6 is 0 Å². The second kappa shape index (κ2) is 7.41. The molecule has 1 saturated heterocycles. The number of anilines is 1. The first-order chi connectivity index (χ1) is 10.2. The Kier molecular flexibility index (Phi) is 5.56. The third-order valence-corrected chi connectivity index (χ3v) is 4.18. The first kappa shape index (κ1) is 15.8. The van der Waals surface area contributed by atoms with Gasteiger partial charge in [-0.25, -0.2) is 4.98 Å². The normalized spacial score (nSPS) is 17.6. The first-order valence-electron chi connectivity index (χ1n) is 7.89. The molecule has 1 fully saturated rings. The summed E-state index contributed by atoms with van der Waals surface area (Å²) in [5, 5.41) is 3.18. The Hall–Kier alpha value is -1.62. The average molecular weight is 290 g/mol. The van der Waals surface area contributed by atoms with Gasteiger partial charge in [0.2, 0.25) is 0 Å². The lowest BCUT2D eigenvalue weighted by atomic mass is 10.2. The van der Waals surface area contributed by atoms with Crippen LogP contribution in [-0.2, 0) is 0 Å². The molecule has 1 N–H and O–H groups in total. The maximum atomic E-state index is 12.4. The van der Waals surface area contributed by atoms with Crippen molar-refractivity contribution >= 4 is 11.6 Å². The third kappa shape index (κ3) is 3.94. The van der Waals surface area contributed by atoms with E-state index in [2.05, 4.69) is 29.0 Å². The van der Waals surface area contributed by atoms with Crippen LogP contribution in [-0.4, -0.2) is 59.5 Å². The summed E-state index contributed by atoms with van der Waals surface area (Å²) < 4.78 is 0. The van der Waals surface area contributed by atoms with Crippen molar-refractivity contribution in [3.05, 3.63) is 24.0 Å². The lowest BCUT2D eigenvalue weighted by Crippen LogP contribution is -2.51. The topological polar surface area (TPSA) is 48.5 Å².